The molecule has 0 amide bonds. The van der Waals surface area contributed by atoms with Crippen LogP contribution in [0, 0.1) is 0 Å². The summed E-state index contributed by atoms with van der Waals surface area (Å²) in [5, 5.41) is 16.1. The lowest BCUT2D eigenvalue weighted by Gasteiger charge is -1.93. The highest BCUT2D eigenvalue weighted by atomic mass is 16.3. The first kappa shape index (κ1) is 6.77. The van der Waals surface area contributed by atoms with Crippen molar-refractivity contribution in [1.82, 2.24) is 24.4 Å². The number of aromatic nitrogens is 5. The third kappa shape index (κ3) is 0.698. The summed E-state index contributed by atoms with van der Waals surface area (Å²) >= 11 is 0. The Labute approximate surface area is 65.9 Å². The Morgan fingerprint density at radius 1 is 1.58 bits per heavy atom. The third-order valence-corrected chi connectivity index (χ3v) is 1.48. The summed E-state index contributed by atoms with van der Waals surface area (Å²) in [5.74, 6) is -0.291. The van der Waals surface area contributed by atoms with Crippen LogP contribution in [0.3, 0.4) is 0 Å². The second-order valence-corrected chi connectivity index (χ2v) is 2.26. The molecule has 62 valence electrons. The van der Waals surface area contributed by atoms with Crippen molar-refractivity contribution < 1.29 is 5.11 Å². The molecule has 0 atom stereocenters. The number of hydrogen-bond acceptors (Lipinski definition) is 5. The van der Waals surface area contributed by atoms with E-state index in [1.54, 1.807) is 0 Å². The van der Waals surface area contributed by atoms with E-state index < -0.39 is 5.69 Å². The maximum absolute atomic E-state index is 11.2. The second kappa shape index (κ2) is 2.03. The molecule has 7 heteroatoms. The molecule has 1 N–H and O–H groups in total. The molecule has 0 aliphatic heterocycles. The molecule has 2 rings (SSSR count). The molecule has 7 nitrogen and oxygen atoms in total. The topological polar surface area (TPSA) is 85.3 Å². The summed E-state index contributed by atoms with van der Waals surface area (Å²) in [5.41, 5.74) is -0.328. The Kier molecular flexibility index (Phi) is 1.15. The van der Waals surface area contributed by atoms with Crippen molar-refractivity contribution in [3.63, 3.8) is 0 Å². The maximum Gasteiger partial charge on any atom is 0.352 e. The highest BCUT2D eigenvalue weighted by Crippen LogP contribution is 2.07. The average molecular weight is 167 g/mol. The predicted molar refractivity (Wildman–Crippen MR) is 37.7 cm³/mol. The van der Waals surface area contributed by atoms with Gasteiger partial charge in [0.05, 0.1) is 0 Å². The van der Waals surface area contributed by atoms with Crippen molar-refractivity contribution in [2.45, 2.75) is 0 Å². The SMILES string of the molecule is Cn1nnc2c(O)ncn2c1=O. The molecule has 2 aromatic rings. The number of rotatable bonds is 0. The smallest absolute Gasteiger partial charge is 0.352 e. The molecule has 2 aromatic heterocycles. The average Bonchev–Trinajstić information content (AvgIpc) is 2.41. The van der Waals surface area contributed by atoms with E-state index in [1.807, 2.05) is 0 Å². The summed E-state index contributed by atoms with van der Waals surface area (Å²) in [6, 6.07) is 0. The molecular weight excluding hydrogens is 162 g/mol. The van der Waals surface area contributed by atoms with Crippen LogP contribution in [0.4, 0.5) is 0 Å². The quantitative estimate of drug-likeness (QED) is 0.517. The zero-order valence-corrected chi connectivity index (χ0v) is 6.17. The van der Waals surface area contributed by atoms with Crippen molar-refractivity contribution in [3.8, 4) is 5.88 Å². The molecule has 0 bridgehead atoms. The maximum atomic E-state index is 11.2. The second-order valence-electron chi connectivity index (χ2n) is 2.26. The van der Waals surface area contributed by atoms with Crippen LogP contribution in [-0.4, -0.2) is 29.5 Å². The summed E-state index contributed by atoms with van der Waals surface area (Å²) in [7, 11) is 1.46. The van der Waals surface area contributed by atoms with Crippen LogP contribution in [0.25, 0.3) is 5.65 Å². The van der Waals surface area contributed by atoms with Gasteiger partial charge in [0.25, 0.3) is 5.88 Å². The number of aromatic hydroxyl groups is 1. The van der Waals surface area contributed by atoms with E-state index in [2.05, 4.69) is 15.3 Å². The van der Waals surface area contributed by atoms with Crippen LogP contribution in [-0.2, 0) is 7.05 Å². The molecule has 0 spiro atoms. The fourth-order valence-corrected chi connectivity index (χ4v) is 0.869. The summed E-state index contributed by atoms with van der Waals surface area (Å²) < 4.78 is 2.16. The van der Waals surface area contributed by atoms with Gasteiger partial charge >= 0.3 is 5.69 Å². The standard InChI is InChI=1S/C5H5N5O2/c1-9-5(12)10-2-6-4(11)3(10)7-8-9/h2,11H,1H3. The largest absolute Gasteiger partial charge is 0.491 e. The molecule has 2 heterocycles. The van der Waals surface area contributed by atoms with E-state index in [-0.39, 0.29) is 11.5 Å². The van der Waals surface area contributed by atoms with E-state index in [4.69, 9.17) is 5.11 Å². The van der Waals surface area contributed by atoms with E-state index >= 15 is 0 Å². The first-order chi connectivity index (χ1) is 5.70. The first-order valence-corrected chi connectivity index (χ1v) is 3.16. The molecule has 0 fully saturated rings. The van der Waals surface area contributed by atoms with Gasteiger partial charge in [0.2, 0.25) is 5.65 Å². The highest BCUT2D eigenvalue weighted by Gasteiger charge is 2.07. The van der Waals surface area contributed by atoms with Crippen LogP contribution < -0.4 is 5.69 Å². The first-order valence-electron chi connectivity index (χ1n) is 3.16. The van der Waals surface area contributed by atoms with Crippen molar-refractivity contribution in [2.75, 3.05) is 0 Å². The minimum absolute atomic E-state index is 0.0677. The van der Waals surface area contributed by atoms with Gasteiger partial charge in [0.1, 0.15) is 6.33 Å². The number of imidazole rings is 1. The minimum atomic E-state index is -0.396. The van der Waals surface area contributed by atoms with Crippen molar-refractivity contribution in [1.29, 1.82) is 0 Å². The van der Waals surface area contributed by atoms with Gasteiger partial charge in [-0.15, -0.1) is 5.10 Å². The Hall–Kier alpha value is -1.92. The molecule has 0 radical (unpaired) electrons. The van der Waals surface area contributed by atoms with Crippen molar-refractivity contribution in [2.24, 2.45) is 7.05 Å². The summed E-state index contributed by atoms with van der Waals surface area (Å²) in [6.07, 6.45) is 1.20. The Bertz CT molecular complexity index is 484. The Morgan fingerprint density at radius 3 is 3.08 bits per heavy atom. The van der Waals surface area contributed by atoms with Crippen LogP contribution in [0.1, 0.15) is 0 Å². The van der Waals surface area contributed by atoms with Crippen LogP contribution in [0.15, 0.2) is 11.1 Å². The zero-order chi connectivity index (χ0) is 8.72. The fourth-order valence-electron chi connectivity index (χ4n) is 0.869. The lowest BCUT2D eigenvalue weighted by molar-refractivity contribution is 0.459. The predicted octanol–water partition coefficient (Wildman–Crippen LogP) is -1.47. The third-order valence-electron chi connectivity index (χ3n) is 1.48. The number of aryl methyl sites for hydroxylation is 1. The number of hydrogen-bond donors (Lipinski definition) is 1. The lowest BCUT2D eigenvalue weighted by Crippen LogP contribution is -2.26. The van der Waals surface area contributed by atoms with Crippen LogP contribution in [0.2, 0.25) is 0 Å². The fraction of sp³-hybridized carbons (Fsp3) is 0.200. The number of nitrogens with zero attached hydrogens (tertiary/aromatic N) is 5. The van der Waals surface area contributed by atoms with Gasteiger partial charge < -0.3 is 5.11 Å². The monoisotopic (exact) mass is 167 g/mol. The Morgan fingerprint density at radius 2 is 2.33 bits per heavy atom. The zero-order valence-electron chi connectivity index (χ0n) is 6.17. The van der Waals surface area contributed by atoms with Gasteiger partial charge in [-0.25, -0.2) is 9.20 Å². The molecule has 0 aliphatic carbocycles. The van der Waals surface area contributed by atoms with E-state index in [0.29, 0.717) is 0 Å². The van der Waals surface area contributed by atoms with Gasteiger partial charge in [0, 0.05) is 7.05 Å². The van der Waals surface area contributed by atoms with E-state index in [1.165, 1.54) is 13.4 Å². The van der Waals surface area contributed by atoms with Gasteiger partial charge in [-0.1, -0.05) is 5.21 Å². The molecule has 0 saturated heterocycles. The van der Waals surface area contributed by atoms with Crippen molar-refractivity contribution in [3.05, 3.63) is 16.8 Å². The summed E-state index contributed by atoms with van der Waals surface area (Å²) in [6.45, 7) is 0. The molecular formula is C5H5N5O2. The van der Waals surface area contributed by atoms with E-state index in [9.17, 15) is 4.79 Å². The van der Waals surface area contributed by atoms with Crippen LogP contribution >= 0.6 is 0 Å². The molecule has 0 aliphatic rings. The normalized spacial score (nSPS) is 10.8. The van der Waals surface area contributed by atoms with Crippen molar-refractivity contribution >= 4 is 5.65 Å². The molecule has 0 saturated carbocycles. The van der Waals surface area contributed by atoms with Gasteiger partial charge in [0.15, 0.2) is 0 Å². The van der Waals surface area contributed by atoms with Gasteiger partial charge in [-0.3, -0.25) is 0 Å². The van der Waals surface area contributed by atoms with Gasteiger partial charge in [-0.05, 0) is 0 Å². The molecule has 12 heavy (non-hydrogen) atoms. The minimum Gasteiger partial charge on any atom is -0.491 e. The van der Waals surface area contributed by atoms with Gasteiger partial charge in [-0.2, -0.15) is 9.67 Å². The number of fused-ring (bicyclic) bond motifs is 1. The Balaban J connectivity index is 3.03. The highest BCUT2D eigenvalue weighted by molar-refractivity contribution is 5.46. The van der Waals surface area contributed by atoms with Crippen LogP contribution in [0.5, 0.6) is 5.88 Å². The molecule has 0 unspecified atom stereocenters. The molecule has 0 aromatic carbocycles. The van der Waals surface area contributed by atoms with E-state index in [0.717, 1.165) is 9.08 Å². The summed E-state index contributed by atoms with van der Waals surface area (Å²) in [4.78, 5) is 14.7. The lowest BCUT2D eigenvalue weighted by atomic mass is 10.7.